The van der Waals surface area contributed by atoms with Crippen molar-refractivity contribution in [1.82, 2.24) is 4.57 Å². The van der Waals surface area contributed by atoms with Crippen LogP contribution >= 0.6 is 0 Å². The van der Waals surface area contributed by atoms with Gasteiger partial charge in [0.15, 0.2) is 0 Å². The molecular formula is C15H21NO. The van der Waals surface area contributed by atoms with Gasteiger partial charge in [0.1, 0.15) is 0 Å². The summed E-state index contributed by atoms with van der Waals surface area (Å²) in [6.07, 6.45) is 0. The van der Waals surface area contributed by atoms with Crippen LogP contribution in [0.15, 0.2) is 24.3 Å². The minimum Gasteiger partial charge on any atom is -0.376 e. The van der Waals surface area contributed by atoms with E-state index in [2.05, 4.69) is 49.6 Å². The molecule has 1 heterocycles. The molecule has 0 aliphatic carbocycles. The third kappa shape index (κ3) is 2.37. The summed E-state index contributed by atoms with van der Waals surface area (Å²) in [4.78, 5) is 0. The van der Waals surface area contributed by atoms with Gasteiger partial charge in [-0.15, -0.1) is 0 Å². The molecule has 0 aliphatic heterocycles. The van der Waals surface area contributed by atoms with Crippen molar-refractivity contribution < 1.29 is 4.74 Å². The molecule has 2 rings (SSSR count). The molecule has 0 saturated heterocycles. The van der Waals surface area contributed by atoms with Gasteiger partial charge in [-0.25, -0.2) is 0 Å². The zero-order chi connectivity index (χ0) is 12.4. The minimum atomic E-state index is 0.463. The highest BCUT2D eigenvalue weighted by Gasteiger charge is 2.11. The molecule has 0 N–H and O–H groups in total. The molecule has 1 aromatic carbocycles. The molecule has 2 heteroatoms. The van der Waals surface area contributed by atoms with E-state index in [-0.39, 0.29) is 0 Å². The monoisotopic (exact) mass is 231 g/mol. The Bertz CT molecular complexity index is 511. The number of ether oxygens (including phenoxy) is 1. The third-order valence-corrected chi connectivity index (χ3v) is 3.05. The van der Waals surface area contributed by atoms with Gasteiger partial charge in [-0.3, -0.25) is 0 Å². The van der Waals surface area contributed by atoms with Crippen LogP contribution in [0.2, 0.25) is 0 Å². The molecule has 0 unspecified atom stereocenters. The first kappa shape index (κ1) is 12.2. The molecule has 0 fully saturated rings. The average molecular weight is 231 g/mol. The summed E-state index contributed by atoms with van der Waals surface area (Å²) >= 11 is 0. The number of hydrogen-bond acceptors (Lipinski definition) is 1. The van der Waals surface area contributed by atoms with Crippen LogP contribution in [0.1, 0.15) is 38.1 Å². The lowest BCUT2D eigenvalue weighted by atomic mass is 10.2. The Morgan fingerprint density at radius 1 is 1.24 bits per heavy atom. The van der Waals surface area contributed by atoms with Gasteiger partial charge in [0.05, 0.1) is 6.61 Å². The predicted octanol–water partition coefficient (Wildman–Crippen LogP) is 4.07. The van der Waals surface area contributed by atoms with Crippen LogP contribution < -0.4 is 0 Å². The van der Waals surface area contributed by atoms with Crippen molar-refractivity contribution in [2.24, 2.45) is 0 Å². The zero-order valence-electron chi connectivity index (χ0n) is 11.2. The van der Waals surface area contributed by atoms with Gasteiger partial charge < -0.3 is 9.30 Å². The molecule has 92 valence electrons. The highest BCUT2D eigenvalue weighted by atomic mass is 16.5. The fourth-order valence-corrected chi connectivity index (χ4v) is 2.32. The standard InChI is InChI=1S/C15H21NO/c1-5-17-10-14-9-13-7-6-12(4)8-15(13)16(14)11(2)3/h6-9,11H,5,10H2,1-4H3. The van der Waals surface area contributed by atoms with E-state index in [4.69, 9.17) is 4.74 Å². The molecule has 2 aromatic rings. The normalized spacial score (nSPS) is 11.6. The van der Waals surface area contributed by atoms with Crippen molar-refractivity contribution >= 4 is 10.9 Å². The van der Waals surface area contributed by atoms with Crippen LogP contribution in [0.3, 0.4) is 0 Å². The average Bonchev–Trinajstić information content (AvgIpc) is 2.63. The van der Waals surface area contributed by atoms with E-state index in [1.54, 1.807) is 0 Å². The number of rotatable bonds is 4. The van der Waals surface area contributed by atoms with Gasteiger partial charge in [0.25, 0.3) is 0 Å². The second-order valence-electron chi connectivity index (χ2n) is 4.80. The number of hydrogen-bond donors (Lipinski definition) is 0. The first-order valence-corrected chi connectivity index (χ1v) is 6.31. The zero-order valence-corrected chi connectivity index (χ0v) is 11.2. The van der Waals surface area contributed by atoms with Crippen LogP contribution in [0, 0.1) is 6.92 Å². The van der Waals surface area contributed by atoms with Crippen LogP contribution in [-0.2, 0) is 11.3 Å². The van der Waals surface area contributed by atoms with E-state index in [0.29, 0.717) is 12.6 Å². The summed E-state index contributed by atoms with van der Waals surface area (Å²) in [5.74, 6) is 0. The minimum absolute atomic E-state index is 0.463. The third-order valence-electron chi connectivity index (χ3n) is 3.05. The lowest BCUT2D eigenvalue weighted by molar-refractivity contribution is 0.128. The second-order valence-corrected chi connectivity index (χ2v) is 4.80. The largest absolute Gasteiger partial charge is 0.376 e. The van der Waals surface area contributed by atoms with Gasteiger partial charge in [-0.2, -0.15) is 0 Å². The first-order valence-electron chi connectivity index (χ1n) is 6.31. The summed E-state index contributed by atoms with van der Waals surface area (Å²) in [6, 6.07) is 9.32. The van der Waals surface area contributed by atoms with Gasteiger partial charge in [-0.1, -0.05) is 12.1 Å². The molecule has 0 radical (unpaired) electrons. The Labute approximate surface area is 103 Å². The molecule has 0 saturated carbocycles. The van der Waals surface area contributed by atoms with E-state index in [1.165, 1.54) is 22.2 Å². The maximum Gasteiger partial charge on any atom is 0.0868 e. The van der Waals surface area contributed by atoms with Crippen molar-refractivity contribution in [2.75, 3.05) is 6.61 Å². The Hall–Kier alpha value is -1.28. The summed E-state index contributed by atoms with van der Waals surface area (Å²) in [5, 5.41) is 1.30. The number of benzene rings is 1. The maximum atomic E-state index is 5.55. The van der Waals surface area contributed by atoms with Crippen LogP contribution in [0.4, 0.5) is 0 Å². The quantitative estimate of drug-likeness (QED) is 0.773. The fourth-order valence-electron chi connectivity index (χ4n) is 2.32. The van der Waals surface area contributed by atoms with Gasteiger partial charge in [0, 0.05) is 23.9 Å². The number of aryl methyl sites for hydroxylation is 1. The Morgan fingerprint density at radius 2 is 2.00 bits per heavy atom. The predicted molar refractivity (Wildman–Crippen MR) is 72.4 cm³/mol. The van der Waals surface area contributed by atoms with Gasteiger partial charge in [0.2, 0.25) is 0 Å². The summed E-state index contributed by atoms with van der Waals surface area (Å²) in [7, 11) is 0. The lowest BCUT2D eigenvalue weighted by Crippen LogP contribution is -2.06. The molecule has 1 aromatic heterocycles. The highest BCUT2D eigenvalue weighted by Crippen LogP contribution is 2.25. The summed E-state index contributed by atoms with van der Waals surface area (Å²) in [6.45, 7) is 10.1. The number of fused-ring (bicyclic) bond motifs is 1. The van der Waals surface area contributed by atoms with Crippen molar-refractivity contribution in [2.45, 2.75) is 40.3 Å². The lowest BCUT2D eigenvalue weighted by Gasteiger charge is -2.14. The highest BCUT2D eigenvalue weighted by molar-refractivity contribution is 5.82. The molecular weight excluding hydrogens is 210 g/mol. The van der Waals surface area contributed by atoms with E-state index >= 15 is 0 Å². The Balaban J connectivity index is 2.54. The smallest absolute Gasteiger partial charge is 0.0868 e. The van der Waals surface area contributed by atoms with Crippen LogP contribution in [0.5, 0.6) is 0 Å². The van der Waals surface area contributed by atoms with Crippen molar-refractivity contribution in [3.05, 3.63) is 35.5 Å². The maximum absolute atomic E-state index is 5.55. The van der Waals surface area contributed by atoms with Crippen LogP contribution in [-0.4, -0.2) is 11.2 Å². The summed E-state index contributed by atoms with van der Waals surface area (Å²) < 4.78 is 7.92. The number of nitrogens with zero attached hydrogens (tertiary/aromatic N) is 1. The second kappa shape index (κ2) is 4.92. The summed E-state index contributed by atoms with van der Waals surface area (Å²) in [5.41, 5.74) is 3.89. The van der Waals surface area contributed by atoms with Crippen molar-refractivity contribution in [3.8, 4) is 0 Å². The van der Waals surface area contributed by atoms with E-state index in [0.717, 1.165) is 6.61 Å². The molecule has 0 amide bonds. The number of aromatic nitrogens is 1. The molecule has 2 nitrogen and oxygen atoms in total. The van der Waals surface area contributed by atoms with Gasteiger partial charge >= 0.3 is 0 Å². The topological polar surface area (TPSA) is 14.2 Å². The Morgan fingerprint density at radius 3 is 2.65 bits per heavy atom. The van der Waals surface area contributed by atoms with Crippen molar-refractivity contribution in [3.63, 3.8) is 0 Å². The van der Waals surface area contributed by atoms with Crippen molar-refractivity contribution in [1.29, 1.82) is 0 Å². The fraction of sp³-hybridized carbons (Fsp3) is 0.467. The SMILES string of the molecule is CCOCc1cc2ccc(C)cc2n1C(C)C. The van der Waals surface area contributed by atoms with Gasteiger partial charge in [-0.05, 0) is 50.8 Å². The Kier molecular flexibility index (Phi) is 3.53. The molecule has 0 bridgehead atoms. The van der Waals surface area contributed by atoms with E-state index in [1.807, 2.05) is 6.92 Å². The first-order chi connectivity index (χ1) is 8.13. The molecule has 0 spiro atoms. The molecule has 0 atom stereocenters. The molecule has 0 aliphatic rings. The van der Waals surface area contributed by atoms with E-state index in [9.17, 15) is 0 Å². The van der Waals surface area contributed by atoms with E-state index < -0.39 is 0 Å². The van der Waals surface area contributed by atoms with Crippen LogP contribution in [0.25, 0.3) is 10.9 Å². The molecule has 17 heavy (non-hydrogen) atoms.